The number of benzene rings is 1. The van der Waals surface area contributed by atoms with E-state index in [1.807, 2.05) is 0 Å². The number of hydrogen-bond acceptors (Lipinski definition) is 6. The number of ether oxygens (including phenoxy) is 1. The van der Waals surface area contributed by atoms with E-state index < -0.39 is 35.9 Å². The smallest absolute Gasteiger partial charge is 0.315 e. The third kappa shape index (κ3) is 6.87. The molecule has 35 heavy (non-hydrogen) atoms. The van der Waals surface area contributed by atoms with Crippen LogP contribution in [0.15, 0.2) is 30.3 Å². The van der Waals surface area contributed by atoms with Crippen LogP contribution >= 0.6 is 22.9 Å². The van der Waals surface area contributed by atoms with Crippen molar-refractivity contribution >= 4 is 58.1 Å². The van der Waals surface area contributed by atoms with Crippen LogP contribution < -0.4 is 26.2 Å². The average molecular weight is 530 g/mol. The third-order valence-corrected chi connectivity index (χ3v) is 6.17. The summed E-state index contributed by atoms with van der Waals surface area (Å²) in [6, 6.07) is 4.82. The number of nitrogens with zero attached hydrogens (tertiary/aromatic N) is 1. The number of alkyl halides is 2. The van der Waals surface area contributed by atoms with Crippen LogP contribution in [0, 0.1) is 0 Å². The second-order valence-electron chi connectivity index (χ2n) is 7.25. The molecule has 14 heteroatoms. The first-order valence-corrected chi connectivity index (χ1v) is 11.5. The molecule has 1 aliphatic heterocycles. The molecule has 0 radical (unpaired) electrons. The predicted molar refractivity (Wildman–Crippen MR) is 126 cm³/mol. The van der Waals surface area contributed by atoms with Gasteiger partial charge in [0.1, 0.15) is 12.6 Å². The molecule has 2 aromatic rings. The van der Waals surface area contributed by atoms with Crippen molar-refractivity contribution < 1.29 is 32.7 Å². The van der Waals surface area contributed by atoms with Gasteiger partial charge in [-0.15, -0.1) is 11.3 Å². The van der Waals surface area contributed by atoms with Gasteiger partial charge in [0.2, 0.25) is 5.91 Å². The highest BCUT2D eigenvalue weighted by Crippen LogP contribution is 2.32. The maximum Gasteiger partial charge on any atom is 0.315 e. The van der Waals surface area contributed by atoms with E-state index in [1.165, 1.54) is 36.2 Å². The molecule has 1 saturated heterocycles. The van der Waals surface area contributed by atoms with Crippen molar-refractivity contribution in [3.63, 3.8) is 0 Å². The Bertz CT molecular complexity index is 1120. The van der Waals surface area contributed by atoms with Crippen molar-refractivity contribution in [2.45, 2.75) is 12.5 Å². The number of rotatable bonds is 8. The largest absolute Gasteiger partial charge is 0.370 e. The Morgan fingerprint density at radius 1 is 1.23 bits per heavy atom. The zero-order chi connectivity index (χ0) is 25.5. The highest BCUT2D eigenvalue weighted by Gasteiger charge is 2.26. The van der Waals surface area contributed by atoms with Crippen molar-refractivity contribution in [2.75, 3.05) is 43.6 Å². The van der Waals surface area contributed by atoms with Crippen LogP contribution in [0.3, 0.4) is 0 Å². The summed E-state index contributed by atoms with van der Waals surface area (Å²) >= 11 is 6.85. The lowest BCUT2D eigenvalue weighted by molar-refractivity contribution is -0.125. The predicted octanol–water partition coefficient (Wildman–Crippen LogP) is 2.37. The maximum absolute atomic E-state index is 13.8. The molecule has 4 N–H and O–H groups in total. The summed E-state index contributed by atoms with van der Waals surface area (Å²) in [5.41, 5.74) is -0.464. The first-order chi connectivity index (χ1) is 16.7. The Morgan fingerprint density at radius 2 is 2.00 bits per heavy atom. The number of carbonyl (C=O) groups excluding carboxylic acids is 4. The number of urea groups is 1. The fourth-order valence-electron chi connectivity index (χ4n) is 3.18. The lowest BCUT2D eigenvalue weighted by Crippen LogP contribution is -2.52. The Hall–Kier alpha value is -3.29. The summed E-state index contributed by atoms with van der Waals surface area (Å²) < 4.78 is 33.1. The Kier molecular flexibility index (Phi) is 8.95. The Balaban J connectivity index is 1.76. The quantitative estimate of drug-likeness (QED) is 0.417. The Labute approximate surface area is 207 Å². The van der Waals surface area contributed by atoms with Gasteiger partial charge in [0, 0.05) is 37.1 Å². The molecule has 0 bridgehead atoms. The topological polar surface area (TPSA) is 129 Å². The molecule has 10 nitrogen and oxygen atoms in total. The number of hydrogen-bond donors (Lipinski definition) is 4. The molecule has 1 atom stereocenters. The molecule has 0 saturated carbocycles. The standard InChI is InChI=1S/C21H22ClF2N5O5S/c1-25-21(33)28-14(9-26-20(32)15-4-5-16(22)35-15)19(31)27-13-3-2-11(8-12(13)18(23)24)29-6-7-34-10-17(29)30/h2-5,8,14,18H,6-7,9-10H2,1H3,(H,26,32)(H,27,31)(H2,25,28,33)/t14-/m0/s1. The van der Waals surface area contributed by atoms with Gasteiger partial charge in [0.25, 0.3) is 18.2 Å². The molecule has 0 aliphatic carbocycles. The summed E-state index contributed by atoms with van der Waals surface area (Å²) in [6.07, 6.45) is -2.96. The number of nitrogens with one attached hydrogen (secondary N) is 4. The van der Waals surface area contributed by atoms with Crippen LogP contribution in [-0.2, 0) is 14.3 Å². The van der Waals surface area contributed by atoms with Gasteiger partial charge in [-0.05, 0) is 30.3 Å². The van der Waals surface area contributed by atoms with Gasteiger partial charge in [-0.3, -0.25) is 14.4 Å². The normalized spacial score (nSPS) is 14.4. The highest BCUT2D eigenvalue weighted by molar-refractivity contribution is 7.18. The molecule has 5 amide bonds. The molecule has 1 aromatic carbocycles. The molecule has 1 aliphatic rings. The van der Waals surface area contributed by atoms with Gasteiger partial charge in [-0.25, -0.2) is 13.6 Å². The first-order valence-electron chi connectivity index (χ1n) is 10.3. The number of thiophene rings is 1. The van der Waals surface area contributed by atoms with E-state index in [0.29, 0.717) is 9.21 Å². The second-order valence-corrected chi connectivity index (χ2v) is 8.96. The van der Waals surface area contributed by atoms with Crippen molar-refractivity contribution in [2.24, 2.45) is 0 Å². The van der Waals surface area contributed by atoms with Crippen LogP contribution in [0.4, 0.5) is 25.0 Å². The Morgan fingerprint density at radius 3 is 2.63 bits per heavy atom. The van der Waals surface area contributed by atoms with Crippen LogP contribution in [0.25, 0.3) is 0 Å². The summed E-state index contributed by atoms with van der Waals surface area (Å²) in [4.78, 5) is 50.7. The van der Waals surface area contributed by atoms with Gasteiger partial charge < -0.3 is 30.9 Å². The van der Waals surface area contributed by atoms with E-state index in [2.05, 4.69) is 21.3 Å². The number of morpholine rings is 1. The first kappa shape index (κ1) is 26.3. The average Bonchev–Trinajstić information content (AvgIpc) is 3.28. The second kappa shape index (κ2) is 11.9. The molecule has 0 spiro atoms. The lowest BCUT2D eigenvalue weighted by Gasteiger charge is -2.27. The maximum atomic E-state index is 13.8. The molecule has 2 heterocycles. The van der Waals surface area contributed by atoms with Crippen LogP contribution in [0.5, 0.6) is 0 Å². The van der Waals surface area contributed by atoms with E-state index in [-0.39, 0.29) is 43.6 Å². The molecular weight excluding hydrogens is 508 g/mol. The zero-order valence-electron chi connectivity index (χ0n) is 18.4. The minimum atomic E-state index is -2.96. The van der Waals surface area contributed by atoms with E-state index in [9.17, 15) is 28.0 Å². The molecule has 0 unspecified atom stereocenters. The fraction of sp³-hybridized carbons (Fsp3) is 0.333. The van der Waals surface area contributed by atoms with E-state index in [0.717, 1.165) is 17.4 Å². The highest BCUT2D eigenvalue weighted by atomic mass is 35.5. The van der Waals surface area contributed by atoms with Crippen LogP contribution in [0.1, 0.15) is 21.7 Å². The molecule has 188 valence electrons. The van der Waals surface area contributed by atoms with Crippen molar-refractivity contribution in [1.82, 2.24) is 16.0 Å². The van der Waals surface area contributed by atoms with Crippen LogP contribution in [-0.4, -0.2) is 63.1 Å². The number of anilines is 2. The number of halogens is 3. The van der Waals surface area contributed by atoms with Gasteiger partial charge in [-0.1, -0.05) is 11.6 Å². The van der Waals surface area contributed by atoms with E-state index >= 15 is 0 Å². The molecule has 1 fully saturated rings. The SMILES string of the molecule is CNC(=O)N[C@@H](CNC(=O)c1ccc(Cl)s1)C(=O)Nc1ccc(N2CCOCC2=O)cc1C(F)F. The molecule has 1 aromatic heterocycles. The van der Waals surface area contributed by atoms with Gasteiger partial charge in [0.05, 0.1) is 15.8 Å². The zero-order valence-corrected chi connectivity index (χ0v) is 20.0. The van der Waals surface area contributed by atoms with Crippen molar-refractivity contribution in [1.29, 1.82) is 0 Å². The number of amides is 5. The summed E-state index contributed by atoms with van der Waals surface area (Å²) in [5.74, 6) is -1.73. The van der Waals surface area contributed by atoms with Crippen LogP contribution in [0.2, 0.25) is 4.34 Å². The number of carbonyl (C=O) groups is 4. The summed E-state index contributed by atoms with van der Waals surface area (Å²) in [5, 5.41) is 9.53. The minimum Gasteiger partial charge on any atom is -0.370 e. The van der Waals surface area contributed by atoms with Gasteiger partial charge in [-0.2, -0.15) is 0 Å². The third-order valence-electron chi connectivity index (χ3n) is 4.94. The van der Waals surface area contributed by atoms with Gasteiger partial charge in [0.15, 0.2) is 0 Å². The molecular formula is C21H22ClF2N5O5S. The summed E-state index contributed by atoms with van der Waals surface area (Å²) in [6.45, 7) is 0.00168. The fourth-order valence-corrected chi connectivity index (χ4v) is 4.14. The summed E-state index contributed by atoms with van der Waals surface area (Å²) in [7, 11) is 1.33. The molecule has 3 rings (SSSR count). The van der Waals surface area contributed by atoms with E-state index in [4.69, 9.17) is 16.3 Å². The minimum absolute atomic E-state index is 0.154. The van der Waals surface area contributed by atoms with Gasteiger partial charge >= 0.3 is 6.03 Å². The van der Waals surface area contributed by atoms with Crippen molar-refractivity contribution in [3.05, 3.63) is 45.1 Å². The lowest BCUT2D eigenvalue weighted by atomic mass is 10.1. The monoisotopic (exact) mass is 529 g/mol. The van der Waals surface area contributed by atoms with E-state index in [1.54, 1.807) is 0 Å². The van der Waals surface area contributed by atoms with Crippen molar-refractivity contribution in [3.8, 4) is 0 Å².